The van der Waals surface area contributed by atoms with Crippen molar-refractivity contribution in [2.75, 3.05) is 12.4 Å². The maximum atomic E-state index is 12.4. The number of carbonyl (C=O) groups is 1. The van der Waals surface area contributed by atoms with E-state index in [1.165, 1.54) is 18.0 Å². The Morgan fingerprint density at radius 3 is 3.06 bits per heavy atom. The number of rotatable bonds is 3. The number of hydrogen-bond donors (Lipinski definition) is 0. The minimum Gasteiger partial charge on any atom is -0.335 e. The molecule has 0 saturated carbocycles. The van der Waals surface area contributed by atoms with Crippen LogP contribution in [0.1, 0.15) is 41.0 Å². The molecule has 1 atom stereocenters. The molecule has 2 heterocycles. The highest BCUT2D eigenvalue weighted by Gasteiger charge is 2.29. The molecule has 1 aliphatic rings. The molecule has 1 aromatic heterocycles. The van der Waals surface area contributed by atoms with E-state index < -0.39 is 0 Å². The zero-order valence-electron chi connectivity index (χ0n) is 9.86. The molecule has 0 radical (unpaired) electrons. The number of carbonyl (C=O) groups excluding carboxylic acids is 1. The van der Waals surface area contributed by atoms with Gasteiger partial charge in [-0.15, -0.1) is 16.7 Å². The fourth-order valence-electron chi connectivity index (χ4n) is 2.25. The molecule has 1 aliphatic heterocycles. The summed E-state index contributed by atoms with van der Waals surface area (Å²) in [5.74, 6) is 0.682. The molecule has 1 aromatic rings. The van der Waals surface area contributed by atoms with Crippen molar-refractivity contribution in [3.05, 3.63) is 10.6 Å². The lowest BCUT2D eigenvalue weighted by atomic mass is 9.99. The van der Waals surface area contributed by atoms with E-state index >= 15 is 0 Å². The maximum absolute atomic E-state index is 12.4. The minimum atomic E-state index is 0.0762. The molecule has 0 spiro atoms. The average Bonchev–Trinajstić information content (AvgIpc) is 2.76. The van der Waals surface area contributed by atoms with Gasteiger partial charge in [0.1, 0.15) is 4.88 Å². The third-order valence-corrected chi connectivity index (χ3v) is 4.21. The van der Waals surface area contributed by atoms with Crippen molar-refractivity contribution < 1.29 is 4.79 Å². The molecule has 94 valence electrons. The van der Waals surface area contributed by atoms with Gasteiger partial charge >= 0.3 is 0 Å². The average molecular weight is 274 g/mol. The normalized spacial score (nSPS) is 20.6. The maximum Gasteiger partial charge on any atom is 0.267 e. The first-order valence-corrected chi connectivity index (χ1v) is 7.20. The highest BCUT2D eigenvalue weighted by molar-refractivity contribution is 7.07. The van der Waals surface area contributed by atoms with Crippen molar-refractivity contribution in [2.45, 2.75) is 38.6 Å². The predicted molar refractivity (Wildman–Crippen MR) is 68.7 cm³/mol. The molecule has 1 fully saturated rings. The molecule has 2 rings (SSSR count). The summed E-state index contributed by atoms with van der Waals surface area (Å²) in [5, 5.41) is 3.90. The van der Waals surface area contributed by atoms with Crippen LogP contribution in [0.2, 0.25) is 0 Å². The van der Waals surface area contributed by atoms with Gasteiger partial charge in [0, 0.05) is 18.5 Å². The number of amides is 1. The highest BCUT2D eigenvalue weighted by Crippen LogP contribution is 2.24. The summed E-state index contributed by atoms with van der Waals surface area (Å²) < 4.78 is 3.83. The Balaban J connectivity index is 2.14. The van der Waals surface area contributed by atoms with E-state index in [4.69, 9.17) is 11.6 Å². The van der Waals surface area contributed by atoms with Crippen LogP contribution in [0.25, 0.3) is 0 Å². The van der Waals surface area contributed by atoms with Crippen LogP contribution in [0.4, 0.5) is 0 Å². The topological polar surface area (TPSA) is 46.1 Å². The van der Waals surface area contributed by atoms with Gasteiger partial charge in [0.05, 0.1) is 5.69 Å². The summed E-state index contributed by atoms with van der Waals surface area (Å²) in [4.78, 5) is 15.0. The molecular formula is C11H16ClN3OS. The number of piperidine rings is 1. The summed E-state index contributed by atoms with van der Waals surface area (Å²) in [7, 11) is 0. The second-order valence-electron chi connectivity index (χ2n) is 4.31. The molecular weight excluding hydrogens is 258 g/mol. The van der Waals surface area contributed by atoms with Gasteiger partial charge in [-0.1, -0.05) is 4.49 Å². The summed E-state index contributed by atoms with van der Waals surface area (Å²) in [6, 6.07) is 0.287. The first kappa shape index (κ1) is 12.8. The van der Waals surface area contributed by atoms with Crippen molar-refractivity contribution in [3.8, 4) is 0 Å². The summed E-state index contributed by atoms with van der Waals surface area (Å²) in [5.41, 5.74) is 0.732. The Morgan fingerprint density at radius 2 is 2.41 bits per heavy atom. The quantitative estimate of drug-likeness (QED) is 0.795. The number of hydrogen-bond acceptors (Lipinski definition) is 4. The molecule has 0 N–H and O–H groups in total. The van der Waals surface area contributed by atoms with E-state index in [1.807, 2.05) is 11.8 Å². The lowest BCUT2D eigenvalue weighted by Gasteiger charge is -2.35. The molecule has 1 saturated heterocycles. The first-order chi connectivity index (χ1) is 8.24. The van der Waals surface area contributed by atoms with Crippen LogP contribution in [0.3, 0.4) is 0 Å². The fraction of sp³-hybridized carbons (Fsp3) is 0.727. The molecule has 0 bridgehead atoms. The Morgan fingerprint density at radius 1 is 1.59 bits per heavy atom. The van der Waals surface area contributed by atoms with Crippen LogP contribution in [0.5, 0.6) is 0 Å². The fourth-order valence-corrected chi connectivity index (χ4v) is 3.12. The lowest BCUT2D eigenvalue weighted by molar-refractivity contribution is 0.0613. The van der Waals surface area contributed by atoms with Crippen LogP contribution in [-0.2, 0) is 0 Å². The molecule has 6 heteroatoms. The predicted octanol–water partition coefficient (Wildman–Crippen LogP) is 2.47. The zero-order valence-corrected chi connectivity index (χ0v) is 11.4. The van der Waals surface area contributed by atoms with Crippen molar-refractivity contribution in [2.24, 2.45) is 0 Å². The standard InChI is InChI=1S/C11H16ClN3OS/c1-8-10(17-14-13-8)11(16)15-7-3-2-4-9(15)5-6-12/h9H,2-7H2,1H3. The van der Waals surface area contributed by atoms with Crippen LogP contribution >= 0.6 is 23.1 Å². The van der Waals surface area contributed by atoms with E-state index in [0.717, 1.165) is 31.5 Å². The van der Waals surface area contributed by atoms with Gasteiger partial charge in [0.15, 0.2) is 0 Å². The van der Waals surface area contributed by atoms with Crippen molar-refractivity contribution in [1.29, 1.82) is 0 Å². The van der Waals surface area contributed by atoms with Gasteiger partial charge in [-0.3, -0.25) is 4.79 Å². The summed E-state index contributed by atoms with van der Waals surface area (Å²) in [6.45, 7) is 2.66. The number of nitrogens with zero attached hydrogens (tertiary/aromatic N) is 3. The van der Waals surface area contributed by atoms with Crippen molar-refractivity contribution >= 4 is 29.0 Å². The second-order valence-corrected chi connectivity index (χ2v) is 5.45. The highest BCUT2D eigenvalue weighted by atomic mass is 35.5. The third kappa shape index (κ3) is 2.77. The van der Waals surface area contributed by atoms with Gasteiger partial charge < -0.3 is 4.90 Å². The number of aryl methyl sites for hydroxylation is 1. The lowest BCUT2D eigenvalue weighted by Crippen LogP contribution is -2.43. The zero-order chi connectivity index (χ0) is 12.3. The van der Waals surface area contributed by atoms with Crippen LogP contribution in [0, 0.1) is 6.92 Å². The van der Waals surface area contributed by atoms with E-state index in [1.54, 1.807) is 0 Å². The SMILES string of the molecule is Cc1nnsc1C(=O)N1CCCCC1CCCl. The van der Waals surface area contributed by atoms with Gasteiger partial charge in [0.2, 0.25) is 0 Å². The van der Waals surface area contributed by atoms with Gasteiger partial charge in [-0.25, -0.2) is 0 Å². The summed E-state index contributed by atoms with van der Waals surface area (Å²) in [6.07, 6.45) is 4.20. The van der Waals surface area contributed by atoms with Crippen molar-refractivity contribution in [3.63, 3.8) is 0 Å². The van der Waals surface area contributed by atoms with Crippen LogP contribution < -0.4 is 0 Å². The van der Waals surface area contributed by atoms with Gasteiger partial charge in [0.25, 0.3) is 5.91 Å². The first-order valence-electron chi connectivity index (χ1n) is 5.90. The Bertz CT molecular complexity index is 394. The van der Waals surface area contributed by atoms with Crippen LogP contribution in [-0.4, -0.2) is 38.9 Å². The molecule has 0 aliphatic carbocycles. The number of aromatic nitrogens is 2. The molecule has 1 unspecified atom stereocenters. The third-order valence-electron chi connectivity index (χ3n) is 3.18. The monoisotopic (exact) mass is 273 g/mol. The van der Waals surface area contributed by atoms with E-state index in [-0.39, 0.29) is 11.9 Å². The molecule has 0 aromatic carbocycles. The molecule has 1 amide bonds. The Hall–Kier alpha value is -0.680. The molecule has 4 nitrogen and oxygen atoms in total. The van der Waals surface area contributed by atoms with Crippen molar-refractivity contribution in [1.82, 2.24) is 14.5 Å². The van der Waals surface area contributed by atoms with E-state index in [0.29, 0.717) is 10.8 Å². The van der Waals surface area contributed by atoms with Crippen LogP contribution in [0.15, 0.2) is 0 Å². The van der Waals surface area contributed by atoms with E-state index in [9.17, 15) is 4.79 Å². The number of halogens is 1. The minimum absolute atomic E-state index is 0.0762. The van der Waals surface area contributed by atoms with Gasteiger partial charge in [-0.05, 0) is 44.1 Å². The Labute approximate surface area is 110 Å². The second kappa shape index (κ2) is 5.78. The van der Waals surface area contributed by atoms with E-state index in [2.05, 4.69) is 9.59 Å². The smallest absolute Gasteiger partial charge is 0.267 e. The largest absolute Gasteiger partial charge is 0.335 e. The van der Waals surface area contributed by atoms with Gasteiger partial charge in [-0.2, -0.15) is 0 Å². The molecule has 17 heavy (non-hydrogen) atoms. The summed E-state index contributed by atoms with van der Waals surface area (Å²) >= 11 is 6.99. The number of likely N-dealkylation sites (tertiary alicyclic amines) is 1. The Kier molecular flexibility index (Phi) is 4.34. The number of alkyl halides is 1.